The van der Waals surface area contributed by atoms with Gasteiger partial charge in [0, 0.05) is 36.8 Å². The van der Waals surface area contributed by atoms with E-state index in [9.17, 15) is 9.59 Å². The molecule has 4 N–H and O–H groups in total. The maximum atomic E-state index is 15.0. The number of nitrogens with zero attached hydrogens (tertiary/aromatic N) is 3. The third-order valence-corrected chi connectivity index (χ3v) is 6.78. The van der Waals surface area contributed by atoms with Crippen LogP contribution in [0.15, 0.2) is 52.1 Å². The number of nitrogen functional groups attached to an aromatic ring is 1. The summed E-state index contributed by atoms with van der Waals surface area (Å²) in [6, 6.07) is 12.4. The highest BCUT2D eigenvalue weighted by molar-refractivity contribution is 5.87. The van der Waals surface area contributed by atoms with Crippen LogP contribution in [0.4, 0.5) is 10.1 Å². The first-order valence-corrected chi connectivity index (χ1v) is 11.2. The van der Waals surface area contributed by atoms with Crippen molar-refractivity contribution in [2.24, 2.45) is 11.7 Å². The number of ether oxygens (including phenoxy) is 1. The second-order valence-corrected chi connectivity index (χ2v) is 9.04. The molecule has 0 bridgehead atoms. The van der Waals surface area contributed by atoms with Gasteiger partial charge in [0.15, 0.2) is 0 Å². The highest BCUT2D eigenvalue weighted by atomic mass is 19.1. The molecule has 2 aromatic carbocycles. The van der Waals surface area contributed by atoms with Crippen LogP contribution >= 0.6 is 0 Å². The van der Waals surface area contributed by atoms with Crippen molar-refractivity contribution in [1.82, 2.24) is 9.24 Å². The van der Waals surface area contributed by atoms with Crippen molar-refractivity contribution in [1.29, 1.82) is 0 Å². The van der Waals surface area contributed by atoms with Crippen LogP contribution in [0.25, 0.3) is 10.9 Å². The van der Waals surface area contributed by atoms with Gasteiger partial charge in [-0.05, 0) is 49.6 Å². The van der Waals surface area contributed by atoms with Crippen molar-refractivity contribution in [3.05, 3.63) is 68.9 Å². The average Bonchev–Trinajstić information content (AvgIpc) is 3.58. The predicted octanol–water partition coefficient (Wildman–Crippen LogP) is 1.70. The monoisotopic (exact) mass is 453 g/mol. The van der Waals surface area contributed by atoms with Gasteiger partial charge in [-0.3, -0.25) is 9.36 Å². The fourth-order valence-electron chi connectivity index (χ4n) is 4.84. The van der Waals surface area contributed by atoms with Crippen LogP contribution in [0.2, 0.25) is 0 Å². The number of aryl methyl sites for hydroxylation is 1. The Morgan fingerprint density at radius 1 is 1.12 bits per heavy atom. The van der Waals surface area contributed by atoms with Gasteiger partial charge in [-0.1, -0.05) is 18.2 Å². The molecule has 1 aromatic heterocycles. The summed E-state index contributed by atoms with van der Waals surface area (Å²) < 4.78 is 23.1. The third-order valence-electron chi connectivity index (χ3n) is 6.78. The minimum atomic E-state index is -1.11. The molecule has 8 nitrogen and oxygen atoms in total. The minimum Gasteiger partial charge on any atom is -0.492 e. The van der Waals surface area contributed by atoms with Crippen molar-refractivity contribution >= 4 is 16.6 Å². The maximum Gasteiger partial charge on any atom is 0.350 e. The van der Waals surface area contributed by atoms with E-state index in [4.69, 9.17) is 16.3 Å². The van der Waals surface area contributed by atoms with Gasteiger partial charge in [0.25, 0.3) is 5.56 Å². The highest BCUT2D eigenvalue weighted by Crippen LogP contribution is 2.38. The maximum absolute atomic E-state index is 15.0. The molecule has 3 atom stereocenters. The summed E-state index contributed by atoms with van der Waals surface area (Å²) in [7, 11) is 0. The zero-order valence-corrected chi connectivity index (χ0v) is 18.5. The van der Waals surface area contributed by atoms with Gasteiger partial charge in [-0.15, -0.1) is 0 Å². The summed E-state index contributed by atoms with van der Waals surface area (Å²) in [6.45, 7) is 2.71. The van der Waals surface area contributed by atoms with Crippen molar-refractivity contribution in [2.75, 3.05) is 30.4 Å². The molecular formula is C24H28FN5O3. The Hall–Kier alpha value is -3.33. The van der Waals surface area contributed by atoms with E-state index < -0.39 is 29.4 Å². The number of rotatable bonds is 6. The third kappa shape index (κ3) is 3.76. The van der Waals surface area contributed by atoms with Crippen LogP contribution in [0.3, 0.4) is 0 Å². The molecular weight excluding hydrogens is 425 g/mol. The van der Waals surface area contributed by atoms with Crippen LogP contribution in [0.5, 0.6) is 5.75 Å². The smallest absolute Gasteiger partial charge is 0.350 e. The second kappa shape index (κ2) is 8.22. The average molecular weight is 454 g/mol. The first-order chi connectivity index (χ1) is 15.9. The standard InChI is InChI=1S/C24H28FN5O3/c1-14-21(10-9-17-22(14)29(15-7-8-15)24(32)30(27)23(17)31)28-11-18(19(25)12-28)20(26)13-33-16-5-3-2-4-6-16/h2-6,9-10,15,18-20H,7-8,11-13,26-27H2,1H3/t18-,19+,20+/m0/s1. The lowest BCUT2D eigenvalue weighted by atomic mass is 9.99. The molecule has 1 saturated carbocycles. The number of para-hydroxylation sites is 1. The quantitative estimate of drug-likeness (QED) is 0.550. The van der Waals surface area contributed by atoms with Crippen LogP contribution in [0, 0.1) is 12.8 Å². The Bertz CT molecular complexity index is 1300. The lowest BCUT2D eigenvalue weighted by Crippen LogP contribution is -2.44. The fraction of sp³-hybridized carbons (Fsp3) is 0.417. The van der Waals surface area contributed by atoms with E-state index in [-0.39, 0.29) is 19.2 Å². The van der Waals surface area contributed by atoms with Gasteiger partial charge in [-0.25, -0.2) is 9.18 Å². The molecule has 3 aromatic rings. The summed E-state index contributed by atoms with van der Waals surface area (Å²) in [6.07, 6.45) is 0.619. The van der Waals surface area contributed by atoms with E-state index in [1.807, 2.05) is 48.2 Å². The first kappa shape index (κ1) is 21.5. The SMILES string of the molecule is Cc1c(N2C[C@H]([C@H](N)COc3ccccc3)[C@H](F)C2)ccc2c(=O)n(N)c(=O)n(C3CC3)c12. The van der Waals surface area contributed by atoms with Crippen LogP contribution in [-0.4, -0.2) is 41.2 Å². The Balaban J connectivity index is 1.43. The molecule has 1 saturated heterocycles. The highest BCUT2D eigenvalue weighted by Gasteiger charge is 2.38. The van der Waals surface area contributed by atoms with E-state index in [0.717, 1.165) is 24.1 Å². The molecule has 2 heterocycles. The van der Waals surface area contributed by atoms with Crippen molar-refractivity contribution in [3.8, 4) is 5.75 Å². The lowest BCUT2D eigenvalue weighted by molar-refractivity contribution is 0.196. The fourth-order valence-corrected chi connectivity index (χ4v) is 4.84. The molecule has 2 aliphatic rings. The van der Waals surface area contributed by atoms with Gasteiger partial charge < -0.3 is 21.2 Å². The number of hydrogen-bond acceptors (Lipinski definition) is 6. The molecule has 0 radical (unpaired) electrons. The number of nitrogens with two attached hydrogens (primary N) is 2. The molecule has 1 aliphatic carbocycles. The molecule has 0 unspecified atom stereocenters. The Morgan fingerprint density at radius 3 is 2.55 bits per heavy atom. The summed E-state index contributed by atoms with van der Waals surface area (Å²) in [5, 5.41) is 0.394. The van der Waals surface area contributed by atoms with E-state index >= 15 is 4.39 Å². The van der Waals surface area contributed by atoms with Crippen molar-refractivity contribution in [2.45, 2.75) is 38.0 Å². The number of halogens is 1. The van der Waals surface area contributed by atoms with Crippen molar-refractivity contribution in [3.63, 3.8) is 0 Å². The van der Waals surface area contributed by atoms with E-state index in [1.54, 1.807) is 10.6 Å². The van der Waals surface area contributed by atoms with Crippen LogP contribution in [0.1, 0.15) is 24.4 Å². The molecule has 2 fully saturated rings. The molecule has 1 aliphatic heterocycles. The van der Waals surface area contributed by atoms with Crippen molar-refractivity contribution < 1.29 is 9.13 Å². The van der Waals surface area contributed by atoms with Gasteiger partial charge in [0.05, 0.1) is 10.9 Å². The largest absolute Gasteiger partial charge is 0.492 e. The number of benzene rings is 2. The number of hydrogen-bond donors (Lipinski definition) is 2. The normalized spacial score (nSPS) is 21.5. The molecule has 174 valence electrons. The van der Waals surface area contributed by atoms with Gasteiger partial charge in [0.2, 0.25) is 0 Å². The van der Waals surface area contributed by atoms with Crippen LogP contribution < -0.4 is 32.5 Å². The molecule has 9 heteroatoms. The summed E-state index contributed by atoms with van der Waals surface area (Å²) in [5.74, 6) is 6.05. The van der Waals surface area contributed by atoms with E-state index in [1.165, 1.54) is 0 Å². The molecule has 33 heavy (non-hydrogen) atoms. The molecule has 0 amide bonds. The first-order valence-electron chi connectivity index (χ1n) is 11.2. The predicted molar refractivity (Wildman–Crippen MR) is 126 cm³/mol. The summed E-state index contributed by atoms with van der Waals surface area (Å²) in [5.41, 5.74) is 7.44. The Labute approximate surface area is 190 Å². The van der Waals surface area contributed by atoms with Crippen LogP contribution in [-0.2, 0) is 0 Å². The second-order valence-electron chi connectivity index (χ2n) is 9.04. The van der Waals surface area contributed by atoms with Gasteiger partial charge >= 0.3 is 5.69 Å². The summed E-state index contributed by atoms with van der Waals surface area (Å²) >= 11 is 0. The topological polar surface area (TPSA) is 109 Å². The Kier molecular flexibility index (Phi) is 5.36. The number of anilines is 1. The number of fused-ring (bicyclic) bond motifs is 1. The Morgan fingerprint density at radius 2 is 1.85 bits per heavy atom. The summed E-state index contributed by atoms with van der Waals surface area (Å²) in [4.78, 5) is 27.3. The zero-order valence-electron chi connectivity index (χ0n) is 18.5. The van der Waals surface area contributed by atoms with E-state index in [0.29, 0.717) is 27.9 Å². The lowest BCUT2D eigenvalue weighted by Gasteiger charge is -2.24. The van der Waals surface area contributed by atoms with Gasteiger partial charge in [0.1, 0.15) is 18.5 Å². The number of alkyl halides is 1. The number of aromatic nitrogens is 2. The minimum absolute atomic E-state index is 0.0353. The van der Waals surface area contributed by atoms with Gasteiger partial charge in [-0.2, -0.15) is 4.68 Å². The zero-order chi connectivity index (χ0) is 23.3. The van der Waals surface area contributed by atoms with E-state index in [2.05, 4.69) is 0 Å². The molecule has 0 spiro atoms. The molecule has 5 rings (SSSR count).